The predicted molar refractivity (Wildman–Crippen MR) is 457 cm³/mol. The van der Waals surface area contributed by atoms with Crippen LogP contribution in [-0.2, 0) is 139 Å². The van der Waals surface area contributed by atoms with E-state index in [9.17, 15) is 91.7 Å². The lowest BCUT2D eigenvalue weighted by atomic mass is 10.0. The number of carboxylic acid groups (broad SMARTS) is 2. The van der Waals surface area contributed by atoms with Gasteiger partial charge >= 0.3 is 27.1 Å². The third kappa shape index (κ3) is 65.6. The summed E-state index contributed by atoms with van der Waals surface area (Å²) in [7, 11) is -9.54. The third-order valence-corrected chi connectivity index (χ3v) is 19.2. The van der Waals surface area contributed by atoms with Crippen LogP contribution in [0, 0.1) is 0 Å². The Morgan fingerprint density at radius 1 is 0.383 bits per heavy atom. The summed E-state index contributed by atoms with van der Waals surface area (Å²) < 4.78 is 100. The Balaban J connectivity index is 3.63. The second-order valence-corrected chi connectivity index (χ2v) is 31.8. The van der Waals surface area contributed by atoms with Crippen LogP contribution in [0.5, 0.6) is 0 Å². The Labute approximate surface area is 744 Å². The fraction of sp³-hybridized carbons (Fsp3) is 0.753. The van der Waals surface area contributed by atoms with E-state index >= 15 is 4.79 Å². The minimum Gasteiger partial charge on any atom is -0.481 e. The van der Waals surface area contributed by atoms with E-state index in [1.807, 2.05) is 0 Å². The van der Waals surface area contributed by atoms with Gasteiger partial charge in [-0.25, -0.2) is 4.79 Å². The Kier molecular flexibility index (Phi) is 69.9. The molecule has 0 bridgehead atoms. The molecule has 0 heterocycles. The molecule has 1 aromatic rings. The Morgan fingerprint density at radius 2 is 0.719 bits per heavy atom. The van der Waals surface area contributed by atoms with E-state index in [4.69, 9.17) is 101 Å². The standard InChI is InChI=1S/C77H139N15O34P2/c78-19-7-4-14-60(73(102)89-62(76(105)106)16-6-9-23-91(66(94)17-51-127(107,108)109)67(95)18-52-128(110,111)112)87-72(101)61(88-74(103)63(53-58-11-2-1-3-12-58)90-75(104)64(54-70(98)99)86-65(93)55-85-71(100)59(81)13-10-22-84-77(82)83)15-5-8-24-92(68(96)56-125-49-47-123-45-43-121-41-39-119-37-35-117-33-31-115-29-27-113-25-20-79)69(97)57-126-50-48-124-46-44-122-42-40-120-38-36-118-34-32-116-30-28-114-26-21-80/h1-3,11-12,59-64H,4-10,13-57,78-81H2,(H,85,100)(H,86,93)(H,87,101)(H,88,103)(H,89,102)(H,90,104)(H,98,99)(H,105,106)(H4,82,83,84)(H2,107,108,109)(H2,110,111,112)/t59-,60-,61-,62-,63+,64-/m0/s1. The molecule has 10 amide bonds. The summed E-state index contributed by atoms with van der Waals surface area (Å²) >= 11 is 0. The van der Waals surface area contributed by atoms with Gasteiger partial charge in [0.1, 0.15) is 43.4 Å². The van der Waals surface area contributed by atoms with Crippen LogP contribution < -0.4 is 66.3 Å². The molecule has 0 saturated heterocycles. The molecule has 1 rings (SSSR count). The van der Waals surface area contributed by atoms with Gasteiger partial charge in [0.25, 0.3) is 11.8 Å². The van der Waals surface area contributed by atoms with Crippen molar-refractivity contribution >= 4 is 92.2 Å². The van der Waals surface area contributed by atoms with E-state index in [2.05, 4.69) is 36.9 Å². The maximum absolute atomic E-state index is 15.0. The minimum absolute atomic E-state index is 0.00493. The second kappa shape index (κ2) is 75.7. The van der Waals surface area contributed by atoms with Gasteiger partial charge in [0.2, 0.25) is 47.3 Å². The Morgan fingerprint density at radius 3 is 1.08 bits per heavy atom. The summed E-state index contributed by atoms with van der Waals surface area (Å²) in [5, 5.41) is 34.9. The number of nitrogens with zero attached hydrogens (tertiary/aromatic N) is 3. The lowest BCUT2D eigenvalue weighted by Crippen LogP contribution is -2.59. The first-order valence-electron chi connectivity index (χ1n) is 42.3. The summed E-state index contributed by atoms with van der Waals surface area (Å²) in [5.74, 6) is -13.6. The number of carbonyl (C=O) groups excluding carboxylic acids is 10. The Bertz CT molecular complexity index is 3300. The van der Waals surface area contributed by atoms with Gasteiger partial charge in [0.15, 0.2) is 5.96 Å². The molecule has 51 heteroatoms. The average Bonchev–Trinajstić information content (AvgIpc) is 0.845. The molecule has 0 radical (unpaired) electrons. The zero-order valence-corrected chi connectivity index (χ0v) is 74.7. The summed E-state index contributed by atoms with van der Waals surface area (Å²) in [4.78, 5) is 207. The molecule has 0 unspecified atom stereocenters. The average molecular weight is 1880 g/mol. The summed E-state index contributed by atoms with van der Waals surface area (Å²) in [6, 6.07) is -1.90. The zero-order chi connectivity index (χ0) is 94.9. The van der Waals surface area contributed by atoms with Gasteiger partial charge in [-0.3, -0.25) is 76.7 Å². The van der Waals surface area contributed by atoms with Crippen molar-refractivity contribution < 1.29 is 163 Å². The van der Waals surface area contributed by atoms with Gasteiger partial charge in [-0.15, -0.1) is 0 Å². The van der Waals surface area contributed by atoms with Crippen molar-refractivity contribution in [1.82, 2.24) is 41.7 Å². The van der Waals surface area contributed by atoms with E-state index in [0.717, 1.165) is 4.90 Å². The topological polar surface area (TPSA) is 737 Å². The van der Waals surface area contributed by atoms with Crippen LogP contribution in [0.25, 0.3) is 0 Å². The molecule has 0 saturated carbocycles. The molecule has 0 aliphatic heterocycles. The number of carboxylic acids is 2. The fourth-order valence-electron chi connectivity index (χ4n) is 11.1. The van der Waals surface area contributed by atoms with Crippen molar-refractivity contribution in [3.8, 4) is 0 Å². The molecule has 49 nitrogen and oxygen atoms in total. The molecule has 0 spiro atoms. The number of aliphatic imine (C=N–C) groups is 1. The number of nitrogens with one attached hydrogen (secondary N) is 6. The molecule has 0 aromatic heterocycles. The number of guanidine groups is 1. The van der Waals surface area contributed by atoms with Crippen molar-refractivity contribution in [1.29, 1.82) is 0 Å². The molecule has 0 aliphatic carbocycles. The van der Waals surface area contributed by atoms with E-state index in [-0.39, 0.29) is 176 Å². The number of carbonyl (C=O) groups is 12. The monoisotopic (exact) mass is 1880 g/mol. The lowest BCUT2D eigenvalue weighted by Gasteiger charge is -2.27. The van der Waals surface area contributed by atoms with Crippen LogP contribution in [-0.4, -0.2) is 396 Å². The molecule has 736 valence electrons. The molecular formula is C77H139N15O34P2. The van der Waals surface area contributed by atoms with Crippen molar-refractivity contribution in [2.24, 2.45) is 39.4 Å². The normalized spacial score (nSPS) is 12.9. The highest BCUT2D eigenvalue weighted by Gasteiger charge is 2.35. The summed E-state index contributed by atoms with van der Waals surface area (Å²) in [6.07, 6.45) is -5.95. The molecule has 0 fully saturated rings. The molecular weight excluding hydrogens is 1740 g/mol. The first-order valence-corrected chi connectivity index (χ1v) is 45.9. The third-order valence-electron chi connectivity index (χ3n) is 17.6. The van der Waals surface area contributed by atoms with Crippen LogP contribution in [0.2, 0.25) is 0 Å². The van der Waals surface area contributed by atoms with E-state index < -0.39 is 187 Å². The Hall–Kier alpha value is -7.89. The van der Waals surface area contributed by atoms with Crippen LogP contribution >= 0.6 is 15.2 Å². The number of unbranched alkanes of at least 4 members (excludes halogenated alkanes) is 3. The number of hydrogen-bond donors (Lipinski definition) is 18. The maximum Gasteiger partial charge on any atom is 0.326 e. The summed E-state index contributed by atoms with van der Waals surface area (Å²) in [6.45, 7) is 5.26. The fourth-order valence-corrected chi connectivity index (χ4v) is 12.0. The maximum atomic E-state index is 15.0. The molecule has 1 aromatic carbocycles. The van der Waals surface area contributed by atoms with E-state index in [0.29, 0.717) is 116 Å². The number of amides is 10. The van der Waals surface area contributed by atoms with Crippen molar-refractivity contribution in [2.45, 2.75) is 133 Å². The molecule has 128 heavy (non-hydrogen) atoms. The number of nitrogens with two attached hydrogens (primary N) is 6. The van der Waals surface area contributed by atoms with Crippen molar-refractivity contribution in [2.75, 3.05) is 243 Å². The molecule has 0 aliphatic rings. The van der Waals surface area contributed by atoms with Crippen molar-refractivity contribution in [3.05, 3.63) is 35.9 Å². The smallest absolute Gasteiger partial charge is 0.326 e. The molecule has 24 N–H and O–H groups in total. The van der Waals surface area contributed by atoms with Crippen molar-refractivity contribution in [3.63, 3.8) is 0 Å². The van der Waals surface area contributed by atoms with Gasteiger partial charge in [-0.1, -0.05) is 30.3 Å². The number of rotatable bonds is 85. The molecule has 6 atom stereocenters. The first-order chi connectivity index (χ1) is 61.3. The highest BCUT2D eigenvalue weighted by atomic mass is 31.2. The first kappa shape index (κ1) is 118. The van der Waals surface area contributed by atoms with Crippen LogP contribution in [0.4, 0.5) is 0 Å². The van der Waals surface area contributed by atoms with E-state index in [1.54, 1.807) is 30.3 Å². The van der Waals surface area contributed by atoms with Crippen LogP contribution in [0.3, 0.4) is 0 Å². The lowest BCUT2D eigenvalue weighted by molar-refractivity contribution is -0.151. The zero-order valence-electron chi connectivity index (χ0n) is 72.9. The number of aliphatic carboxylic acids is 2. The summed E-state index contributed by atoms with van der Waals surface area (Å²) in [5.41, 5.74) is 33.7. The van der Waals surface area contributed by atoms with Gasteiger partial charge in [0, 0.05) is 52.0 Å². The quantitative estimate of drug-likeness (QED) is 0.0125. The number of imide groups is 2. The van der Waals surface area contributed by atoms with Crippen LogP contribution in [0.15, 0.2) is 35.3 Å². The number of hydrogen-bond acceptors (Lipinski definition) is 33. The second-order valence-electron chi connectivity index (χ2n) is 28.2. The SMILES string of the molecule is NCCCC[C@H](NC(=O)[C@H](CCCCN(C(=O)COCCOCCOCCOCCOCCOCCOCCN)C(=O)COCCOCCOCCOCCOCCOCCOCCN)NC(=O)[C@@H](Cc1ccccc1)NC(=O)[C@H](CC(=O)O)NC(=O)CNC(=O)[C@@H](N)CCCN=C(N)N)C(=O)N[C@@H](CCCCN(C(=O)CCP(=O)(O)O)C(=O)CCP(=O)(O)O)C(=O)O. The highest BCUT2D eigenvalue weighted by molar-refractivity contribution is 7.52. The predicted octanol–water partition coefficient (Wildman–Crippen LogP) is -5.83. The van der Waals surface area contributed by atoms with Gasteiger partial charge < -0.3 is 162 Å². The highest BCUT2D eigenvalue weighted by Crippen LogP contribution is 2.36. The number of benzene rings is 1. The van der Waals surface area contributed by atoms with Gasteiger partial charge in [0.05, 0.1) is 203 Å². The van der Waals surface area contributed by atoms with E-state index in [1.165, 1.54) is 0 Å². The largest absolute Gasteiger partial charge is 0.481 e. The van der Waals surface area contributed by atoms with Crippen LogP contribution in [0.1, 0.15) is 95.5 Å². The minimum atomic E-state index is -4.77. The van der Waals surface area contributed by atoms with Gasteiger partial charge in [-0.05, 0) is 82.7 Å². The number of ether oxygens (including phenoxy) is 14. The van der Waals surface area contributed by atoms with Gasteiger partial charge in [-0.2, -0.15) is 0 Å².